The van der Waals surface area contributed by atoms with Crippen LogP contribution in [0.3, 0.4) is 0 Å². The zero-order valence-corrected chi connectivity index (χ0v) is 36.6. The highest BCUT2D eigenvalue weighted by Crippen LogP contribution is 2.70. The summed E-state index contributed by atoms with van der Waals surface area (Å²) in [5.41, 5.74) is 1.41. The molecular weight excluding hydrogens is 794 g/mol. The van der Waals surface area contributed by atoms with Gasteiger partial charge >= 0.3 is 0 Å². The van der Waals surface area contributed by atoms with E-state index in [1.807, 2.05) is 0 Å². The number of aliphatic hydroxyl groups is 8. The van der Waals surface area contributed by atoms with Crippen LogP contribution in [0.15, 0.2) is 11.6 Å². The quantitative estimate of drug-likeness (QED) is 0.161. The third-order valence-electron chi connectivity index (χ3n) is 17.9. The van der Waals surface area contributed by atoms with E-state index in [0.717, 1.165) is 32.2 Å². The molecule has 26 atom stereocenters. The second kappa shape index (κ2) is 16.8. The van der Waals surface area contributed by atoms with Crippen LogP contribution in [0, 0.1) is 46.3 Å². The molecule has 0 aromatic heterocycles. The first-order valence-corrected chi connectivity index (χ1v) is 23.3. The Kier molecular flexibility index (Phi) is 12.4. The molecular formula is C45H73NO15. The molecule has 5 saturated heterocycles. The minimum absolute atomic E-state index is 0.00472. The molecule has 1 spiro atoms. The molecule has 0 amide bonds. The molecule has 0 radical (unpaired) electrons. The van der Waals surface area contributed by atoms with Crippen LogP contribution in [0.1, 0.15) is 99.3 Å². The number of fused-ring (bicyclic) bond motifs is 7. The van der Waals surface area contributed by atoms with Gasteiger partial charge < -0.3 is 74.0 Å². The summed E-state index contributed by atoms with van der Waals surface area (Å²) in [6, 6.07) is 0. The second-order valence-electron chi connectivity index (χ2n) is 21.2. The lowest BCUT2D eigenvalue weighted by molar-refractivity contribution is -0.388. The Morgan fingerprint density at radius 2 is 1.36 bits per heavy atom. The van der Waals surface area contributed by atoms with Gasteiger partial charge in [0.2, 0.25) is 0 Å². The summed E-state index contributed by atoms with van der Waals surface area (Å²) in [5.74, 6) is 3.43. The van der Waals surface area contributed by atoms with Gasteiger partial charge in [-0.25, -0.2) is 0 Å². The predicted molar refractivity (Wildman–Crippen MR) is 215 cm³/mol. The molecule has 5 aliphatic heterocycles. The second-order valence-corrected chi connectivity index (χ2v) is 21.2. The summed E-state index contributed by atoms with van der Waals surface area (Å²) < 4.78 is 43.7. The fourth-order valence-corrected chi connectivity index (χ4v) is 14.2. The molecule has 5 heterocycles. The summed E-state index contributed by atoms with van der Waals surface area (Å²) >= 11 is 0. The summed E-state index contributed by atoms with van der Waals surface area (Å²) in [6.45, 7) is 13.2. The van der Waals surface area contributed by atoms with Crippen LogP contribution in [-0.4, -0.2) is 164 Å². The number of ether oxygens (including phenoxy) is 7. The standard InChI is InChI=1S/C45H73NO15/c1-19-9-14-45(46-17-19)20(2)30-28(61-45)16-27-25-8-7-23-15-24(10-12-43(23,5)26(25)11-13-44(27,30)6)57-42-39(60-41-36(53)34(51)32(49)22(4)56-41)37(54)38(29(18-47)58-42)59-40-35(52)33(50)31(48)21(3)55-40/h7,19-22,24-42,46-54H,8-18H2,1-6H3/t19-,20-,21+,22-,24+,25-,26+,27+,28+,29+,30+,31+,32+,33-,34-,35-,36-,37+,38+,39-,40+,41+,42+,43+,44+,45-/m1/s1. The van der Waals surface area contributed by atoms with E-state index in [9.17, 15) is 40.9 Å². The van der Waals surface area contributed by atoms with E-state index in [-0.39, 0.29) is 22.7 Å². The van der Waals surface area contributed by atoms with E-state index in [1.54, 1.807) is 0 Å². The number of hydrogen-bond donors (Lipinski definition) is 9. The van der Waals surface area contributed by atoms with Crippen molar-refractivity contribution >= 4 is 0 Å². The van der Waals surface area contributed by atoms with Crippen LogP contribution in [-0.2, 0) is 33.2 Å². The van der Waals surface area contributed by atoms with Crippen LogP contribution in [0.2, 0.25) is 0 Å². The summed E-state index contributed by atoms with van der Waals surface area (Å²) in [6.07, 6.45) is -9.93. The molecule has 9 N–H and O–H groups in total. The van der Waals surface area contributed by atoms with Crippen molar-refractivity contribution in [1.82, 2.24) is 5.32 Å². The van der Waals surface area contributed by atoms with E-state index >= 15 is 0 Å². The maximum absolute atomic E-state index is 12.0. The van der Waals surface area contributed by atoms with Gasteiger partial charge in [0.15, 0.2) is 18.9 Å². The van der Waals surface area contributed by atoms with Crippen molar-refractivity contribution in [2.24, 2.45) is 46.3 Å². The summed E-state index contributed by atoms with van der Waals surface area (Å²) in [5, 5.41) is 89.8. The molecule has 0 aromatic rings. The summed E-state index contributed by atoms with van der Waals surface area (Å²) in [4.78, 5) is 0. The van der Waals surface area contributed by atoms with Crippen LogP contribution < -0.4 is 5.32 Å². The smallest absolute Gasteiger partial charge is 0.187 e. The first kappa shape index (κ1) is 45.3. The number of nitrogens with one attached hydrogen (secondary N) is 1. The molecule has 0 bridgehead atoms. The molecule has 16 nitrogen and oxygen atoms in total. The highest BCUT2D eigenvalue weighted by molar-refractivity contribution is 5.26. The van der Waals surface area contributed by atoms with Gasteiger partial charge in [0.1, 0.15) is 66.8 Å². The normalized spacial score (nSPS) is 58.4. The number of rotatable bonds is 7. The molecule has 61 heavy (non-hydrogen) atoms. The van der Waals surface area contributed by atoms with Gasteiger partial charge in [0, 0.05) is 12.5 Å². The lowest BCUT2D eigenvalue weighted by Gasteiger charge is -2.59. The molecule has 3 saturated carbocycles. The van der Waals surface area contributed by atoms with E-state index in [1.165, 1.54) is 38.7 Å². The first-order valence-electron chi connectivity index (χ1n) is 23.3. The topological polar surface area (TPSA) is 238 Å². The molecule has 0 unspecified atom stereocenters. The van der Waals surface area contributed by atoms with Gasteiger partial charge in [0.05, 0.1) is 31.0 Å². The monoisotopic (exact) mass is 867 g/mol. The Hall–Kier alpha value is -0.900. The zero-order valence-electron chi connectivity index (χ0n) is 36.6. The molecule has 9 rings (SSSR count). The molecule has 16 heteroatoms. The molecule has 0 aromatic carbocycles. The van der Waals surface area contributed by atoms with E-state index < -0.39 is 98.7 Å². The number of hydrogen-bond acceptors (Lipinski definition) is 16. The minimum atomic E-state index is -1.70. The summed E-state index contributed by atoms with van der Waals surface area (Å²) in [7, 11) is 0. The maximum atomic E-state index is 12.0. The van der Waals surface area contributed by atoms with Crippen molar-refractivity contribution in [3.63, 3.8) is 0 Å². The molecule has 8 fully saturated rings. The lowest BCUT2D eigenvalue weighted by Crippen LogP contribution is -2.66. The van der Waals surface area contributed by atoms with Crippen LogP contribution in [0.25, 0.3) is 0 Å². The van der Waals surface area contributed by atoms with Gasteiger partial charge in [-0.3, -0.25) is 5.32 Å². The predicted octanol–water partition coefficient (Wildman–Crippen LogP) is 0.815. The molecule has 348 valence electrons. The Bertz CT molecular complexity index is 1600. The van der Waals surface area contributed by atoms with Gasteiger partial charge in [0.25, 0.3) is 0 Å². The highest BCUT2D eigenvalue weighted by Gasteiger charge is 2.68. The number of piperidine rings is 1. The van der Waals surface area contributed by atoms with Gasteiger partial charge in [-0.05, 0) is 112 Å². The fraction of sp³-hybridized carbons (Fsp3) is 0.956. The van der Waals surface area contributed by atoms with Crippen molar-refractivity contribution in [2.45, 2.75) is 209 Å². The largest absolute Gasteiger partial charge is 0.394 e. The average Bonchev–Trinajstić information content (AvgIpc) is 3.69. The number of allylic oxidation sites excluding steroid dienone is 1. The first-order chi connectivity index (χ1) is 28.9. The average molecular weight is 868 g/mol. The molecule has 9 aliphatic rings. The van der Waals surface area contributed by atoms with E-state index in [4.69, 9.17) is 33.2 Å². The van der Waals surface area contributed by atoms with Gasteiger partial charge in [-0.15, -0.1) is 0 Å². The van der Waals surface area contributed by atoms with Gasteiger partial charge in [-0.2, -0.15) is 0 Å². The van der Waals surface area contributed by atoms with E-state index in [2.05, 4.69) is 39.1 Å². The van der Waals surface area contributed by atoms with Crippen molar-refractivity contribution < 1.29 is 74.0 Å². The van der Waals surface area contributed by atoms with Crippen LogP contribution in [0.4, 0.5) is 0 Å². The molecule has 4 aliphatic carbocycles. The maximum Gasteiger partial charge on any atom is 0.187 e. The van der Waals surface area contributed by atoms with Crippen LogP contribution in [0.5, 0.6) is 0 Å². The zero-order chi connectivity index (χ0) is 43.5. The van der Waals surface area contributed by atoms with Crippen molar-refractivity contribution in [3.8, 4) is 0 Å². The van der Waals surface area contributed by atoms with E-state index in [0.29, 0.717) is 54.5 Å². The fourth-order valence-electron chi connectivity index (χ4n) is 14.2. The third-order valence-corrected chi connectivity index (χ3v) is 17.9. The number of aliphatic hydroxyl groups excluding tert-OH is 8. The Morgan fingerprint density at radius 3 is 1.98 bits per heavy atom. The van der Waals surface area contributed by atoms with Crippen molar-refractivity contribution in [1.29, 1.82) is 0 Å². The van der Waals surface area contributed by atoms with Gasteiger partial charge in [-0.1, -0.05) is 39.3 Å². The Balaban J connectivity index is 0.916. The van der Waals surface area contributed by atoms with Crippen molar-refractivity contribution in [3.05, 3.63) is 11.6 Å². The Labute approximate surface area is 359 Å². The SMILES string of the molecule is C[C@@H]1CC[C@@]2(NC1)O[C@H]1C[C@H]3[C@@H]4CC=C5C[C@@H](O[C@H]6O[C@@H](CO)[C@H](O[C@@H]7O[C@@H](C)[C@H](O)[C@@H](O)[C@H]7O)[C@H](O)[C@H]6O[C@@H]6O[C@H](C)[C@H](O)[C@@H](O)[C@H]6O)CC[C@]5(C)[C@H]4CC[C@]3(C)[C@H]1[C@H]2C. The Morgan fingerprint density at radius 1 is 0.705 bits per heavy atom. The van der Waals surface area contributed by atoms with Crippen LogP contribution >= 0.6 is 0 Å². The minimum Gasteiger partial charge on any atom is -0.394 e. The lowest BCUT2D eigenvalue weighted by atomic mass is 9.47. The van der Waals surface area contributed by atoms with Crippen molar-refractivity contribution in [2.75, 3.05) is 13.2 Å². The highest BCUT2D eigenvalue weighted by atomic mass is 16.8. The third kappa shape index (κ3) is 7.42.